The maximum atomic E-state index is 13.2. The summed E-state index contributed by atoms with van der Waals surface area (Å²) >= 11 is 0. The van der Waals surface area contributed by atoms with Crippen molar-refractivity contribution in [1.29, 1.82) is 0 Å². The predicted octanol–water partition coefficient (Wildman–Crippen LogP) is 4.00. The van der Waals surface area contributed by atoms with Gasteiger partial charge in [-0.3, -0.25) is 9.59 Å². The van der Waals surface area contributed by atoms with Crippen molar-refractivity contribution >= 4 is 17.4 Å². The zero-order valence-electron chi connectivity index (χ0n) is 19.2. The third-order valence-corrected chi connectivity index (χ3v) is 6.09. The van der Waals surface area contributed by atoms with Gasteiger partial charge in [0.15, 0.2) is 11.5 Å². The Hall–Kier alpha value is -3.32. The molecule has 2 aromatic rings. The molecule has 0 radical (unpaired) electrons. The van der Waals surface area contributed by atoms with Crippen molar-refractivity contribution < 1.29 is 28.9 Å². The minimum absolute atomic E-state index is 0.0630. The lowest BCUT2D eigenvalue weighted by atomic mass is 9.94. The number of ether oxygens (including phenoxy) is 3. The fourth-order valence-corrected chi connectivity index (χ4v) is 4.42. The lowest BCUT2D eigenvalue weighted by molar-refractivity contribution is -0.140. The van der Waals surface area contributed by atoms with Crippen LogP contribution in [0, 0.1) is 6.92 Å². The van der Waals surface area contributed by atoms with Gasteiger partial charge in [-0.15, -0.1) is 0 Å². The number of aryl methyl sites for hydroxylation is 1. The van der Waals surface area contributed by atoms with Crippen LogP contribution in [0.4, 0.5) is 0 Å². The molecule has 0 spiro atoms. The smallest absolute Gasteiger partial charge is 0.295 e. The molecule has 2 heterocycles. The number of nitrogens with zero attached hydrogens (tertiary/aromatic N) is 1. The molecule has 7 heteroatoms. The van der Waals surface area contributed by atoms with E-state index < -0.39 is 17.7 Å². The molecule has 0 aromatic heterocycles. The third kappa shape index (κ3) is 4.46. The van der Waals surface area contributed by atoms with E-state index in [1.54, 1.807) is 30.3 Å². The average molecular weight is 452 g/mol. The van der Waals surface area contributed by atoms with Crippen LogP contribution < -0.4 is 9.47 Å². The predicted molar refractivity (Wildman–Crippen MR) is 123 cm³/mol. The minimum Gasteiger partial charge on any atom is -0.507 e. The van der Waals surface area contributed by atoms with Crippen LogP contribution in [0.15, 0.2) is 48.0 Å². The highest BCUT2D eigenvalue weighted by Gasteiger charge is 2.47. The molecule has 1 N–H and O–H groups in total. The molecule has 2 aromatic carbocycles. The Bertz CT molecular complexity index is 1070. The van der Waals surface area contributed by atoms with Crippen LogP contribution in [0.1, 0.15) is 42.5 Å². The van der Waals surface area contributed by atoms with Crippen LogP contribution in [0.5, 0.6) is 11.5 Å². The third-order valence-electron chi connectivity index (χ3n) is 6.09. The average Bonchev–Trinajstić information content (AvgIpc) is 3.42. The topological polar surface area (TPSA) is 85.3 Å². The van der Waals surface area contributed by atoms with Gasteiger partial charge < -0.3 is 24.2 Å². The van der Waals surface area contributed by atoms with E-state index >= 15 is 0 Å². The van der Waals surface area contributed by atoms with Crippen LogP contribution in [-0.2, 0) is 14.3 Å². The highest BCUT2D eigenvalue weighted by Crippen LogP contribution is 2.42. The van der Waals surface area contributed by atoms with E-state index in [4.69, 9.17) is 14.2 Å². The maximum Gasteiger partial charge on any atom is 0.295 e. The van der Waals surface area contributed by atoms with Crippen LogP contribution in [0.2, 0.25) is 0 Å². The number of likely N-dealkylation sites (tertiary alicyclic amines) is 1. The molecule has 2 aliphatic heterocycles. The number of amides is 1. The second kappa shape index (κ2) is 9.67. The van der Waals surface area contributed by atoms with Crippen LogP contribution in [0.3, 0.4) is 0 Å². The fraction of sp³-hybridized carbons (Fsp3) is 0.385. The van der Waals surface area contributed by atoms with Crippen molar-refractivity contribution in [2.75, 3.05) is 26.9 Å². The van der Waals surface area contributed by atoms with Crippen molar-refractivity contribution in [3.63, 3.8) is 0 Å². The molecule has 2 fully saturated rings. The molecule has 2 aliphatic rings. The zero-order valence-corrected chi connectivity index (χ0v) is 19.2. The van der Waals surface area contributed by atoms with Gasteiger partial charge in [0.05, 0.1) is 31.4 Å². The quantitative estimate of drug-likeness (QED) is 0.389. The molecule has 2 saturated heterocycles. The second-order valence-corrected chi connectivity index (χ2v) is 8.30. The first-order chi connectivity index (χ1) is 15.9. The van der Waals surface area contributed by atoms with Gasteiger partial charge in [-0.05, 0) is 44.4 Å². The highest BCUT2D eigenvalue weighted by molar-refractivity contribution is 6.46. The Balaban J connectivity index is 1.83. The summed E-state index contributed by atoms with van der Waals surface area (Å²) in [7, 11) is 1.54. The molecule has 0 aliphatic carbocycles. The van der Waals surface area contributed by atoms with Crippen molar-refractivity contribution in [1.82, 2.24) is 4.90 Å². The number of rotatable bonds is 7. The number of aliphatic hydroxyl groups excluding tert-OH is 1. The van der Waals surface area contributed by atoms with E-state index in [0.29, 0.717) is 35.8 Å². The highest BCUT2D eigenvalue weighted by atomic mass is 16.5. The SMILES string of the molecule is CCOc1ccc([C@H]2C(=C(O)c3ccc(C)cc3)C(=O)C(=O)N2C[C@H]2CCCO2)cc1OC. The lowest BCUT2D eigenvalue weighted by Gasteiger charge is -2.28. The molecule has 7 nitrogen and oxygen atoms in total. The Morgan fingerprint density at radius 1 is 1.15 bits per heavy atom. The van der Waals surface area contributed by atoms with Crippen molar-refractivity contribution in [3.05, 3.63) is 64.7 Å². The molecule has 4 rings (SSSR count). The van der Waals surface area contributed by atoms with Gasteiger partial charge in [-0.25, -0.2) is 0 Å². The summed E-state index contributed by atoms with van der Waals surface area (Å²) in [4.78, 5) is 27.8. The van der Waals surface area contributed by atoms with E-state index in [0.717, 1.165) is 18.4 Å². The standard InChI is InChI=1S/C26H29NO6/c1-4-32-20-12-11-18(14-21(20)31-3)23-22(24(28)17-9-7-16(2)8-10-17)25(29)26(30)27(23)15-19-6-5-13-33-19/h7-12,14,19,23,28H,4-6,13,15H2,1-3H3/t19-,23+/m1/s1. The van der Waals surface area contributed by atoms with Gasteiger partial charge >= 0.3 is 0 Å². The Morgan fingerprint density at radius 2 is 1.91 bits per heavy atom. The first-order valence-corrected chi connectivity index (χ1v) is 11.2. The number of carbonyl (C=O) groups is 2. The van der Waals surface area contributed by atoms with E-state index in [1.807, 2.05) is 26.0 Å². The van der Waals surface area contributed by atoms with Gasteiger partial charge in [0.25, 0.3) is 11.7 Å². The van der Waals surface area contributed by atoms with Crippen LogP contribution in [0.25, 0.3) is 5.76 Å². The van der Waals surface area contributed by atoms with E-state index in [1.165, 1.54) is 12.0 Å². The van der Waals surface area contributed by atoms with Gasteiger partial charge in [-0.1, -0.05) is 35.9 Å². The number of benzene rings is 2. The molecule has 33 heavy (non-hydrogen) atoms. The van der Waals surface area contributed by atoms with Gasteiger partial charge in [0.2, 0.25) is 0 Å². The van der Waals surface area contributed by atoms with Crippen molar-refractivity contribution in [3.8, 4) is 11.5 Å². The summed E-state index contributed by atoms with van der Waals surface area (Å²) in [6, 6.07) is 11.7. The lowest BCUT2D eigenvalue weighted by Crippen LogP contribution is -2.36. The normalized spacial score (nSPS) is 22.1. The summed E-state index contributed by atoms with van der Waals surface area (Å²) in [6.45, 7) is 5.21. The molecule has 174 valence electrons. The summed E-state index contributed by atoms with van der Waals surface area (Å²) < 4.78 is 16.9. The minimum atomic E-state index is -0.764. The maximum absolute atomic E-state index is 13.2. The number of Topliss-reactive ketones (excluding diaryl/α,β-unsaturated/α-hetero) is 1. The van der Waals surface area contributed by atoms with Gasteiger partial charge in [-0.2, -0.15) is 0 Å². The van der Waals surface area contributed by atoms with Crippen LogP contribution in [-0.4, -0.2) is 54.7 Å². The van der Waals surface area contributed by atoms with Crippen molar-refractivity contribution in [2.24, 2.45) is 0 Å². The van der Waals surface area contributed by atoms with E-state index in [9.17, 15) is 14.7 Å². The summed E-state index contributed by atoms with van der Waals surface area (Å²) in [6.07, 6.45) is 1.59. The monoisotopic (exact) mass is 451 g/mol. The Kier molecular flexibility index (Phi) is 6.70. The number of methoxy groups -OCH3 is 1. The molecule has 1 amide bonds. The molecule has 0 bridgehead atoms. The van der Waals surface area contributed by atoms with E-state index in [-0.39, 0.29) is 24.0 Å². The summed E-state index contributed by atoms with van der Waals surface area (Å²) in [5.74, 6) is -0.479. The molecule has 0 unspecified atom stereocenters. The van der Waals surface area contributed by atoms with E-state index in [2.05, 4.69) is 0 Å². The molecule has 0 saturated carbocycles. The largest absolute Gasteiger partial charge is 0.507 e. The van der Waals surface area contributed by atoms with Gasteiger partial charge in [0, 0.05) is 18.7 Å². The Labute approximate surface area is 193 Å². The molecule has 2 atom stereocenters. The van der Waals surface area contributed by atoms with Gasteiger partial charge in [0.1, 0.15) is 5.76 Å². The summed E-state index contributed by atoms with van der Waals surface area (Å²) in [5, 5.41) is 11.2. The first kappa shape index (κ1) is 22.9. The fourth-order valence-electron chi connectivity index (χ4n) is 4.42. The number of ketones is 1. The number of hydrogen-bond donors (Lipinski definition) is 1. The molecular formula is C26H29NO6. The first-order valence-electron chi connectivity index (χ1n) is 11.2. The number of aliphatic hydroxyl groups is 1. The van der Waals surface area contributed by atoms with Crippen LogP contribution >= 0.6 is 0 Å². The summed E-state index contributed by atoms with van der Waals surface area (Å²) in [5.41, 5.74) is 2.23. The Morgan fingerprint density at radius 3 is 2.55 bits per heavy atom. The number of hydrogen-bond acceptors (Lipinski definition) is 6. The molecular weight excluding hydrogens is 422 g/mol. The second-order valence-electron chi connectivity index (χ2n) is 8.30. The van der Waals surface area contributed by atoms with Crippen molar-refractivity contribution in [2.45, 2.75) is 38.8 Å². The number of carbonyl (C=O) groups excluding carboxylic acids is 2. The zero-order chi connectivity index (χ0) is 23.5.